The zero-order valence-corrected chi connectivity index (χ0v) is 13.8. The summed E-state index contributed by atoms with van der Waals surface area (Å²) in [5.41, 5.74) is 7.30. The molecule has 2 rings (SSSR count). The Kier molecular flexibility index (Phi) is 5.29. The summed E-state index contributed by atoms with van der Waals surface area (Å²) >= 11 is 0. The van der Waals surface area contributed by atoms with Crippen LogP contribution in [0, 0.1) is 0 Å². The van der Waals surface area contributed by atoms with Gasteiger partial charge in [0.15, 0.2) is 0 Å². The Morgan fingerprint density at radius 3 is 2.68 bits per heavy atom. The average molecular weight is 306 g/mol. The molecule has 1 amide bonds. The van der Waals surface area contributed by atoms with Crippen LogP contribution in [0.4, 0.5) is 0 Å². The van der Waals surface area contributed by atoms with Gasteiger partial charge in [-0.2, -0.15) is 0 Å². The Labute approximate surface area is 132 Å². The van der Waals surface area contributed by atoms with Crippen LogP contribution in [0.1, 0.15) is 44.7 Å². The van der Waals surface area contributed by atoms with Crippen LogP contribution in [0.5, 0.6) is 11.5 Å². The van der Waals surface area contributed by atoms with Gasteiger partial charge in [-0.15, -0.1) is 0 Å². The van der Waals surface area contributed by atoms with Crippen LogP contribution in [0.15, 0.2) is 18.2 Å². The van der Waals surface area contributed by atoms with E-state index in [1.807, 2.05) is 23.1 Å². The second-order valence-corrected chi connectivity index (χ2v) is 5.81. The molecule has 1 aromatic carbocycles. The number of carbonyl (C=O) groups is 1. The highest BCUT2D eigenvalue weighted by Gasteiger charge is 2.38. The molecule has 5 nitrogen and oxygen atoms in total. The fraction of sp³-hybridized carbons (Fsp3) is 0.588. The molecule has 1 saturated heterocycles. The van der Waals surface area contributed by atoms with Gasteiger partial charge in [0.1, 0.15) is 11.5 Å². The maximum absolute atomic E-state index is 12.5. The fourth-order valence-electron chi connectivity index (χ4n) is 3.11. The summed E-state index contributed by atoms with van der Waals surface area (Å²) in [5.74, 6) is 1.64. The van der Waals surface area contributed by atoms with E-state index < -0.39 is 0 Å². The molecule has 122 valence electrons. The van der Waals surface area contributed by atoms with Crippen molar-refractivity contribution in [2.45, 2.75) is 51.2 Å². The zero-order chi connectivity index (χ0) is 16.3. The molecule has 3 unspecified atom stereocenters. The number of nitrogens with zero attached hydrogens (tertiary/aromatic N) is 1. The first-order valence-corrected chi connectivity index (χ1v) is 7.82. The molecule has 1 aliphatic rings. The number of carbonyl (C=O) groups excluding carboxylic acids is 1. The van der Waals surface area contributed by atoms with E-state index in [0.29, 0.717) is 12.8 Å². The highest BCUT2D eigenvalue weighted by molar-refractivity contribution is 5.78. The summed E-state index contributed by atoms with van der Waals surface area (Å²) in [5, 5.41) is 0. The lowest BCUT2D eigenvalue weighted by Crippen LogP contribution is -2.52. The van der Waals surface area contributed by atoms with Crippen LogP contribution in [0.2, 0.25) is 0 Å². The largest absolute Gasteiger partial charge is 0.497 e. The molecular formula is C17H26N2O3. The number of piperidine rings is 1. The minimum absolute atomic E-state index is 0.104. The predicted octanol–water partition coefficient (Wildman–Crippen LogP) is 2.49. The molecule has 22 heavy (non-hydrogen) atoms. The first-order chi connectivity index (χ1) is 10.5. The van der Waals surface area contributed by atoms with E-state index in [1.165, 1.54) is 0 Å². The number of hydrogen-bond acceptors (Lipinski definition) is 4. The Bertz CT molecular complexity index is 533. The second-order valence-electron chi connectivity index (χ2n) is 5.81. The Hall–Kier alpha value is -1.75. The minimum Gasteiger partial charge on any atom is -0.497 e. The van der Waals surface area contributed by atoms with Crippen molar-refractivity contribution in [3.05, 3.63) is 23.8 Å². The molecule has 1 aliphatic heterocycles. The van der Waals surface area contributed by atoms with Crippen LogP contribution in [-0.2, 0) is 4.79 Å². The highest BCUT2D eigenvalue weighted by Crippen LogP contribution is 2.39. The van der Waals surface area contributed by atoms with E-state index in [2.05, 4.69) is 13.8 Å². The van der Waals surface area contributed by atoms with Gasteiger partial charge < -0.3 is 20.1 Å². The van der Waals surface area contributed by atoms with Gasteiger partial charge in [0.2, 0.25) is 5.91 Å². The van der Waals surface area contributed by atoms with Crippen molar-refractivity contribution in [1.29, 1.82) is 0 Å². The summed E-state index contributed by atoms with van der Waals surface area (Å²) < 4.78 is 10.8. The predicted molar refractivity (Wildman–Crippen MR) is 86.1 cm³/mol. The third-order valence-electron chi connectivity index (χ3n) is 4.51. The summed E-state index contributed by atoms with van der Waals surface area (Å²) in [6.07, 6.45) is 2.09. The van der Waals surface area contributed by atoms with Gasteiger partial charge in [-0.3, -0.25) is 4.79 Å². The Balaban J connectivity index is 2.51. The molecule has 3 atom stereocenters. The fourth-order valence-corrected chi connectivity index (χ4v) is 3.11. The number of likely N-dealkylation sites (tertiary alicyclic amines) is 1. The monoisotopic (exact) mass is 306 g/mol. The molecular weight excluding hydrogens is 280 g/mol. The van der Waals surface area contributed by atoms with E-state index >= 15 is 0 Å². The van der Waals surface area contributed by atoms with Crippen molar-refractivity contribution >= 4 is 5.91 Å². The first kappa shape index (κ1) is 16.6. The molecule has 1 heterocycles. The second kappa shape index (κ2) is 7.01. The Morgan fingerprint density at radius 1 is 1.36 bits per heavy atom. The van der Waals surface area contributed by atoms with Gasteiger partial charge in [-0.05, 0) is 38.0 Å². The normalized spacial score (nSPS) is 23.3. The maximum atomic E-state index is 12.5. The third-order valence-corrected chi connectivity index (χ3v) is 4.51. The number of methoxy groups -OCH3 is 2. The van der Waals surface area contributed by atoms with Gasteiger partial charge in [0.25, 0.3) is 0 Å². The van der Waals surface area contributed by atoms with Crippen LogP contribution in [0.3, 0.4) is 0 Å². The number of amides is 1. The van der Waals surface area contributed by atoms with E-state index in [9.17, 15) is 4.79 Å². The van der Waals surface area contributed by atoms with Crippen LogP contribution in [-0.4, -0.2) is 37.1 Å². The average Bonchev–Trinajstić information content (AvgIpc) is 2.55. The van der Waals surface area contributed by atoms with E-state index in [-0.39, 0.29) is 24.0 Å². The van der Waals surface area contributed by atoms with Crippen molar-refractivity contribution in [1.82, 2.24) is 4.90 Å². The summed E-state index contributed by atoms with van der Waals surface area (Å²) in [6, 6.07) is 5.51. The van der Waals surface area contributed by atoms with E-state index in [4.69, 9.17) is 15.2 Å². The molecule has 0 aromatic heterocycles. The standard InChI is InChI=1S/C17H26N2O3/c1-5-11(2)19-16(20)9-7-14(18)17(19)13-10-12(21-3)6-8-15(13)22-4/h6,8,10-11,14,17H,5,7,9,18H2,1-4H3. The van der Waals surface area contributed by atoms with Gasteiger partial charge in [0.05, 0.1) is 20.3 Å². The van der Waals surface area contributed by atoms with Gasteiger partial charge in [-0.25, -0.2) is 0 Å². The number of ether oxygens (including phenoxy) is 2. The molecule has 2 N–H and O–H groups in total. The number of hydrogen-bond donors (Lipinski definition) is 1. The SMILES string of the molecule is CCC(C)N1C(=O)CCC(N)C1c1cc(OC)ccc1OC. The van der Waals surface area contributed by atoms with Gasteiger partial charge >= 0.3 is 0 Å². The molecule has 0 saturated carbocycles. The van der Waals surface area contributed by atoms with E-state index in [1.54, 1.807) is 14.2 Å². The third kappa shape index (κ3) is 3.04. The maximum Gasteiger partial charge on any atom is 0.223 e. The van der Waals surface area contributed by atoms with Crippen molar-refractivity contribution < 1.29 is 14.3 Å². The molecule has 5 heteroatoms. The van der Waals surface area contributed by atoms with Gasteiger partial charge in [-0.1, -0.05) is 6.92 Å². The number of rotatable bonds is 5. The summed E-state index contributed by atoms with van der Waals surface area (Å²) in [6.45, 7) is 4.15. The topological polar surface area (TPSA) is 64.8 Å². The minimum atomic E-state index is -0.179. The lowest BCUT2D eigenvalue weighted by molar-refractivity contribution is -0.140. The Morgan fingerprint density at radius 2 is 2.09 bits per heavy atom. The zero-order valence-electron chi connectivity index (χ0n) is 13.8. The van der Waals surface area contributed by atoms with Gasteiger partial charge in [0, 0.05) is 24.1 Å². The first-order valence-electron chi connectivity index (χ1n) is 7.82. The van der Waals surface area contributed by atoms with Crippen molar-refractivity contribution in [2.24, 2.45) is 5.73 Å². The summed E-state index contributed by atoms with van der Waals surface area (Å²) in [4.78, 5) is 14.4. The molecule has 1 aromatic rings. The smallest absolute Gasteiger partial charge is 0.223 e. The molecule has 0 spiro atoms. The highest BCUT2D eigenvalue weighted by atomic mass is 16.5. The molecule has 1 fully saturated rings. The lowest BCUT2D eigenvalue weighted by Gasteiger charge is -2.43. The molecule has 0 radical (unpaired) electrons. The number of benzene rings is 1. The lowest BCUT2D eigenvalue weighted by atomic mass is 9.88. The van der Waals surface area contributed by atoms with Crippen LogP contribution >= 0.6 is 0 Å². The van der Waals surface area contributed by atoms with Crippen molar-refractivity contribution in [3.8, 4) is 11.5 Å². The van der Waals surface area contributed by atoms with Crippen LogP contribution < -0.4 is 15.2 Å². The molecule has 0 aliphatic carbocycles. The van der Waals surface area contributed by atoms with Crippen molar-refractivity contribution in [3.63, 3.8) is 0 Å². The quantitative estimate of drug-likeness (QED) is 0.907. The molecule has 0 bridgehead atoms. The number of nitrogens with two attached hydrogens (primary N) is 1. The van der Waals surface area contributed by atoms with Crippen LogP contribution in [0.25, 0.3) is 0 Å². The van der Waals surface area contributed by atoms with Crippen molar-refractivity contribution in [2.75, 3.05) is 14.2 Å². The van der Waals surface area contributed by atoms with E-state index in [0.717, 1.165) is 23.5 Å². The summed E-state index contributed by atoms with van der Waals surface area (Å²) in [7, 11) is 3.26.